The first kappa shape index (κ1) is 25.1. The highest BCUT2D eigenvalue weighted by molar-refractivity contribution is 7.90. The van der Waals surface area contributed by atoms with Crippen molar-refractivity contribution in [3.63, 3.8) is 0 Å². The maximum absolute atomic E-state index is 14.7. The molecule has 1 aliphatic heterocycles. The Morgan fingerprint density at radius 2 is 1.85 bits per heavy atom. The SMILES string of the molecule is Cn1c(=O)n(CCN2CCN(c3ccc(S(C)(=O)=O)cc3F)CC2)c2nc(N)n3nc(-c4ccco4)nc3c21. The van der Waals surface area contributed by atoms with Crippen molar-refractivity contribution in [1.29, 1.82) is 0 Å². The van der Waals surface area contributed by atoms with Gasteiger partial charge in [-0.3, -0.25) is 14.0 Å². The minimum atomic E-state index is -3.48. The molecule has 0 radical (unpaired) electrons. The number of hydrogen-bond acceptors (Lipinski definition) is 10. The van der Waals surface area contributed by atoms with Crippen molar-refractivity contribution in [2.45, 2.75) is 11.4 Å². The van der Waals surface area contributed by atoms with Crippen molar-refractivity contribution in [3.05, 3.63) is 52.9 Å². The monoisotopic (exact) mass is 555 g/mol. The van der Waals surface area contributed by atoms with Gasteiger partial charge in [0.2, 0.25) is 11.8 Å². The van der Waals surface area contributed by atoms with Gasteiger partial charge in [-0.1, -0.05) is 0 Å². The first-order valence-corrected chi connectivity index (χ1v) is 14.1. The predicted molar refractivity (Wildman–Crippen MR) is 142 cm³/mol. The summed E-state index contributed by atoms with van der Waals surface area (Å²) in [6, 6.07) is 7.46. The number of imidazole rings is 1. The molecule has 1 saturated heterocycles. The lowest BCUT2D eigenvalue weighted by Gasteiger charge is -2.36. The summed E-state index contributed by atoms with van der Waals surface area (Å²) in [4.78, 5) is 26.2. The molecule has 4 aromatic heterocycles. The van der Waals surface area contributed by atoms with Gasteiger partial charge in [0, 0.05) is 52.6 Å². The molecule has 15 heteroatoms. The Bertz CT molecular complexity index is 1870. The van der Waals surface area contributed by atoms with Gasteiger partial charge < -0.3 is 15.1 Å². The van der Waals surface area contributed by atoms with Gasteiger partial charge in [-0.25, -0.2) is 22.6 Å². The molecule has 204 valence electrons. The Morgan fingerprint density at radius 1 is 1.08 bits per heavy atom. The van der Waals surface area contributed by atoms with E-state index in [0.29, 0.717) is 73.4 Å². The van der Waals surface area contributed by atoms with Crippen molar-refractivity contribution >= 4 is 38.3 Å². The van der Waals surface area contributed by atoms with Gasteiger partial charge in [0.15, 0.2) is 26.9 Å². The zero-order valence-corrected chi connectivity index (χ0v) is 22.1. The lowest BCUT2D eigenvalue weighted by atomic mass is 10.2. The van der Waals surface area contributed by atoms with Crippen LogP contribution in [0.15, 0.2) is 50.7 Å². The average Bonchev–Trinajstić information content (AvgIpc) is 3.63. The van der Waals surface area contributed by atoms with E-state index >= 15 is 0 Å². The summed E-state index contributed by atoms with van der Waals surface area (Å²) < 4.78 is 47.9. The number of aryl methyl sites for hydroxylation is 1. The molecular weight excluding hydrogens is 529 g/mol. The quantitative estimate of drug-likeness (QED) is 0.321. The van der Waals surface area contributed by atoms with Crippen LogP contribution in [0.2, 0.25) is 0 Å². The summed E-state index contributed by atoms with van der Waals surface area (Å²) in [5.74, 6) is 0.342. The molecule has 1 aliphatic rings. The third kappa shape index (κ3) is 4.32. The number of nitrogens with two attached hydrogens (primary N) is 1. The van der Waals surface area contributed by atoms with Gasteiger partial charge in [0.25, 0.3) is 0 Å². The molecule has 1 fully saturated rings. The number of anilines is 2. The van der Waals surface area contributed by atoms with Crippen LogP contribution in [0.25, 0.3) is 28.4 Å². The van der Waals surface area contributed by atoms with E-state index in [1.807, 2.05) is 4.90 Å². The highest BCUT2D eigenvalue weighted by atomic mass is 32.2. The normalized spacial score (nSPS) is 15.1. The predicted octanol–water partition coefficient (Wildman–Crippen LogP) is 0.985. The molecule has 5 aromatic rings. The van der Waals surface area contributed by atoms with E-state index in [1.165, 1.54) is 27.5 Å². The Labute approximate surface area is 221 Å². The summed E-state index contributed by atoms with van der Waals surface area (Å²) >= 11 is 0. The average molecular weight is 556 g/mol. The Morgan fingerprint density at radius 3 is 2.51 bits per heavy atom. The van der Waals surface area contributed by atoms with Crippen LogP contribution >= 0.6 is 0 Å². The van der Waals surface area contributed by atoms with Crippen LogP contribution in [-0.2, 0) is 23.4 Å². The number of nitrogen functional groups attached to an aromatic ring is 1. The lowest BCUT2D eigenvalue weighted by molar-refractivity contribution is 0.247. The number of sulfone groups is 1. The Hall–Kier alpha value is -4.24. The zero-order chi connectivity index (χ0) is 27.5. The van der Waals surface area contributed by atoms with E-state index < -0.39 is 15.7 Å². The van der Waals surface area contributed by atoms with E-state index in [0.717, 1.165) is 12.3 Å². The van der Waals surface area contributed by atoms with Crippen LogP contribution < -0.4 is 16.3 Å². The van der Waals surface area contributed by atoms with E-state index in [4.69, 9.17) is 10.2 Å². The van der Waals surface area contributed by atoms with Gasteiger partial charge in [0.05, 0.1) is 16.8 Å². The Balaban J connectivity index is 1.20. The fourth-order valence-corrected chi connectivity index (χ4v) is 5.56. The van der Waals surface area contributed by atoms with Crippen LogP contribution in [0.4, 0.5) is 16.0 Å². The largest absolute Gasteiger partial charge is 0.461 e. The fraction of sp³-hybridized carbons (Fsp3) is 0.333. The fourth-order valence-electron chi connectivity index (χ4n) is 4.93. The maximum Gasteiger partial charge on any atom is 0.330 e. The van der Waals surface area contributed by atoms with Crippen LogP contribution in [0.1, 0.15) is 0 Å². The Kier molecular flexibility index (Phi) is 5.91. The van der Waals surface area contributed by atoms with Crippen molar-refractivity contribution in [3.8, 4) is 11.6 Å². The number of hydrogen-bond donors (Lipinski definition) is 1. The molecule has 0 unspecified atom stereocenters. The van der Waals surface area contributed by atoms with Gasteiger partial charge in [-0.2, -0.15) is 9.50 Å². The molecule has 6 rings (SSSR count). The van der Waals surface area contributed by atoms with Gasteiger partial charge >= 0.3 is 5.69 Å². The van der Waals surface area contributed by atoms with Crippen LogP contribution in [-0.4, -0.2) is 81.0 Å². The first-order valence-electron chi connectivity index (χ1n) is 12.2. The van der Waals surface area contributed by atoms with Crippen LogP contribution in [0, 0.1) is 5.82 Å². The summed E-state index contributed by atoms with van der Waals surface area (Å²) in [7, 11) is -1.82. The molecule has 2 N–H and O–H groups in total. The van der Waals surface area contributed by atoms with Gasteiger partial charge in [-0.15, -0.1) is 5.10 Å². The van der Waals surface area contributed by atoms with E-state index in [1.54, 1.807) is 23.7 Å². The standard InChI is InChI=1S/C24H26FN9O4S/c1-30-19-21(28-23(26)34-22(19)27-20(29-34)18-4-3-13-38-18)33(24(30)35)12-9-31-7-10-32(11-8-31)17-6-5-15(14-16(17)25)39(2,36)37/h3-6,13-14H,7-12H2,1-2H3,(H2,26,28). The van der Waals surface area contributed by atoms with E-state index in [-0.39, 0.29) is 16.5 Å². The van der Waals surface area contributed by atoms with E-state index in [2.05, 4.69) is 20.0 Å². The summed E-state index contributed by atoms with van der Waals surface area (Å²) in [5, 5.41) is 4.39. The molecule has 0 spiro atoms. The molecule has 0 aliphatic carbocycles. The summed E-state index contributed by atoms with van der Waals surface area (Å²) in [6.45, 7) is 3.34. The molecule has 0 bridgehead atoms. The number of aromatic nitrogens is 6. The number of rotatable bonds is 6. The zero-order valence-electron chi connectivity index (χ0n) is 21.3. The van der Waals surface area contributed by atoms with Crippen molar-refractivity contribution in [2.75, 3.05) is 49.6 Å². The molecule has 0 amide bonds. The minimum Gasteiger partial charge on any atom is -0.461 e. The van der Waals surface area contributed by atoms with Crippen LogP contribution in [0.3, 0.4) is 0 Å². The topological polar surface area (TPSA) is 150 Å². The summed E-state index contributed by atoms with van der Waals surface area (Å²) in [5.41, 5.74) is 7.64. The van der Waals surface area contributed by atoms with Crippen molar-refractivity contribution in [2.24, 2.45) is 7.05 Å². The number of furan rings is 1. The van der Waals surface area contributed by atoms with Gasteiger partial charge in [0.1, 0.15) is 11.3 Å². The number of nitrogens with zero attached hydrogens (tertiary/aromatic N) is 8. The molecule has 5 heterocycles. The summed E-state index contributed by atoms with van der Waals surface area (Å²) in [6.07, 6.45) is 2.58. The van der Waals surface area contributed by atoms with Crippen molar-refractivity contribution in [1.82, 2.24) is 33.6 Å². The minimum absolute atomic E-state index is 0.0437. The number of piperazine rings is 1. The molecule has 0 atom stereocenters. The second kappa shape index (κ2) is 9.20. The molecule has 13 nitrogen and oxygen atoms in total. The first-order chi connectivity index (χ1) is 18.6. The highest BCUT2D eigenvalue weighted by Gasteiger charge is 2.24. The number of halogens is 1. The van der Waals surface area contributed by atoms with Crippen molar-refractivity contribution < 1.29 is 17.2 Å². The third-order valence-electron chi connectivity index (χ3n) is 7.02. The maximum atomic E-state index is 14.7. The number of fused-ring (bicyclic) bond motifs is 3. The smallest absolute Gasteiger partial charge is 0.330 e. The lowest BCUT2D eigenvalue weighted by Crippen LogP contribution is -2.47. The molecular formula is C24H26FN9O4S. The molecule has 39 heavy (non-hydrogen) atoms. The second-order valence-electron chi connectivity index (χ2n) is 9.50. The molecule has 1 aromatic carbocycles. The van der Waals surface area contributed by atoms with Crippen LogP contribution in [0.5, 0.6) is 0 Å². The number of benzene rings is 1. The van der Waals surface area contributed by atoms with Gasteiger partial charge in [-0.05, 0) is 30.3 Å². The third-order valence-corrected chi connectivity index (χ3v) is 8.13. The van der Waals surface area contributed by atoms with E-state index in [9.17, 15) is 17.6 Å². The molecule has 0 saturated carbocycles. The highest BCUT2D eigenvalue weighted by Crippen LogP contribution is 2.25. The second-order valence-corrected chi connectivity index (χ2v) is 11.5.